The van der Waals surface area contributed by atoms with E-state index >= 15 is 0 Å². The summed E-state index contributed by atoms with van der Waals surface area (Å²) in [6, 6.07) is 16.5. The zero-order valence-electron chi connectivity index (χ0n) is 15.2. The van der Waals surface area contributed by atoms with Crippen molar-refractivity contribution < 1.29 is 4.79 Å². The summed E-state index contributed by atoms with van der Waals surface area (Å²) in [7, 11) is 0. The van der Waals surface area contributed by atoms with E-state index in [1.165, 1.54) is 11.1 Å². The van der Waals surface area contributed by atoms with Crippen molar-refractivity contribution in [1.29, 1.82) is 0 Å². The molecule has 0 radical (unpaired) electrons. The molecule has 1 aliphatic heterocycles. The number of nitrogens with zero attached hydrogens (tertiary/aromatic N) is 4. The first-order chi connectivity index (χ1) is 13.3. The third-order valence-electron chi connectivity index (χ3n) is 5.84. The van der Waals surface area contributed by atoms with Gasteiger partial charge in [-0.05, 0) is 36.1 Å². The molecule has 2 heterocycles. The van der Waals surface area contributed by atoms with Gasteiger partial charge in [0.2, 0.25) is 5.91 Å². The average Bonchev–Trinajstić information content (AvgIpc) is 3.17. The third kappa shape index (κ3) is 2.83. The second kappa shape index (κ2) is 6.65. The van der Waals surface area contributed by atoms with Gasteiger partial charge >= 0.3 is 0 Å². The monoisotopic (exact) mass is 358 g/mol. The van der Waals surface area contributed by atoms with Crippen LogP contribution in [0.1, 0.15) is 23.5 Å². The molecule has 1 aromatic heterocycles. The highest BCUT2D eigenvalue weighted by Crippen LogP contribution is 2.34. The Kier molecular flexibility index (Phi) is 4.00. The molecule has 0 spiro atoms. The number of amides is 1. The lowest BCUT2D eigenvalue weighted by molar-refractivity contribution is -0.133. The smallest absolute Gasteiger partial charge is 0.230 e. The van der Waals surface area contributed by atoms with Gasteiger partial charge in [0.1, 0.15) is 12.1 Å². The molecule has 2 aromatic carbocycles. The minimum atomic E-state index is 0.0348. The van der Waals surface area contributed by atoms with Crippen LogP contribution in [0.3, 0.4) is 0 Å². The number of aryl methyl sites for hydroxylation is 1. The van der Waals surface area contributed by atoms with Crippen molar-refractivity contribution >= 4 is 22.6 Å². The lowest BCUT2D eigenvalue weighted by atomic mass is 9.99. The van der Waals surface area contributed by atoms with Crippen molar-refractivity contribution in [3.8, 4) is 0 Å². The Labute approximate surface area is 158 Å². The van der Waals surface area contributed by atoms with Crippen molar-refractivity contribution in [2.75, 3.05) is 31.1 Å². The quantitative estimate of drug-likeness (QED) is 0.707. The van der Waals surface area contributed by atoms with Gasteiger partial charge in [-0.2, -0.15) is 0 Å². The van der Waals surface area contributed by atoms with Crippen LogP contribution in [0, 0.1) is 0 Å². The molecular formula is C22H22N4O. The molecule has 0 saturated carbocycles. The van der Waals surface area contributed by atoms with Gasteiger partial charge in [-0.15, -0.1) is 0 Å². The molecule has 1 aliphatic carbocycles. The highest BCUT2D eigenvalue weighted by molar-refractivity contribution is 5.89. The first-order valence-corrected chi connectivity index (χ1v) is 9.62. The van der Waals surface area contributed by atoms with Crippen molar-refractivity contribution in [3.05, 3.63) is 66.0 Å². The van der Waals surface area contributed by atoms with E-state index in [0.717, 1.165) is 55.7 Å². The number of fused-ring (bicyclic) bond motifs is 2. The van der Waals surface area contributed by atoms with Crippen LogP contribution >= 0.6 is 0 Å². The van der Waals surface area contributed by atoms with Gasteiger partial charge in [-0.1, -0.05) is 36.4 Å². The number of hydrogen-bond acceptors (Lipinski definition) is 4. The predicted molar refractivity (Wildman–Crippen MR) is 106 cm³/mol. The molecule has 1 atom stereocenters. The molecule has 0 unspecified atom stereocenters. The summed E-state index contributed by atoms with van der Waals surface area (Å²) in [6.45, 7) is 3.11. The molecule has 3 aromatic rings. The van der Waals surface area contributed by atoms with Crippen molar-refractivity contribution in [3.63, 3.8) is 0 Å². The number of benzene rings is 2. The highest BCUT2D eigenvalue weighted by Gasteiger charge is 2.33. The summed E-state index contributed by atoms with van der Waals surface area (Å²) in [5.41, 5.74) is 3.53. The van der Waals surface area contributed by atoms with E-state index in [-0.39, 0.29) is 11.8 Å². The number of piperazine rings is 1. The fourth-order valence-electron chi connectivity index (χ4n) is 4.42. The Hall–Kier alpha value is -2.95. The maximum Gasteiger partial charge on any atom is 0.230 e. The van der Waals surface area contributed by atoms with Crippen LogP contribution in [0.2, 0.25) is 0 Å². The van der Waals surface area contributed by atoms with Crippen LogP contribution in [0.4, 0.5) is 5.82 Å². The molecule has 27 heavy (non-hydrogen) atoms. The van der Waals surface area contributed by atoms with Crippen LogP contribution < -0.4 is 4.90 Å². The Bertz CT molecular complexity index is 989. The molecule has 1 fully saturated rings. The van der Waals surface area contributed by atoms with Gasteiger partial charge in [0.25, 0.3) is 0 Å². The van der Waals surface area contributed by atoms with E-state index in [0.29, 0.717) is 0 Å². The first-order valence-electron chi connectivity index (χ1n) is 9.62. The predicted octanol–water partition coefficient (Wildman–Crippen LogP) is 3.01. The van der Waals surface area contributed by atoms with E-state index in [1.807, 2.05) is 29.2 Å². The summed E-state index contributed by atoms with van der Waals surface area (Å²) < 4.78 is 0. The Morgan fingerprint density at radius 1 is 0.926 bits per heavy atom. The van der Waals surface area contributed by atoms with Gasteiger partial charge in [0, 0.05) is 31.6 Å². The van der Waals surface area contributed by atoms with E-state index in [2.05, 4.69) is 39.1 Å². The fourth-order valence-corrected chi connectivity index (χ4v) is 4.42. The minimum Gasteiger partial charge on any atom is -0.352 e. The SMILES string of the molecule is O=C([C@@H]1CCc2ccccc21)N1CCN(c2ncnc3ccccc23)CC1. The number of hydrogen-bond donors (Lipinski definition) is 0. The fraction of sp³-hybridized carbons (Fsp3) is 0.318. The van der Waals surface area contributed by atoms with Crippen molar-refractivity contribution in [2.45, 2.75) is 18.8 Å². The van der Waals surface area contributed by atoms with Crippen LogP contribution in [-0.2, 0) is 11.2 Å². The number of rotatable bonds is 2. The summed E-state index contributed by atoms with van der Waals surface area (Å²) >= 11 is 0. The second-order valence-electron chi connectivity index (χ2n) is 7.32. The lowest BCUT2D eigenvalue weighted by Crippen LogP contribution is -2.50. The summed E-state index contributed by atoms with van der Waals surface area (Å²) in [4.78, 5) is 26.3. The molecule has 5 rings (SSSR count). The van der Waals surface area contributed by atoms with Crippen LogP contribution in [0.5, 0.6) is 0 Å². The maximum atomic E-state index is 13.1. The summed E-state index contributed by atoms with van der Waals surface area (Å²) in [5.74, 6) is 1.29. The normalized spacial score (nSPS) is 19.3. The molecule has 0 N–H and O–H groups in total. The maximum absolute atomic E-state index is 13.1. The number of aromatic nitrogens is 2. The van der Waals surface area contributed by atoms with E-state index in [9.17, 15) is 4.79 Å². The topological polar surface area (TPSA) is 49.3 Å². The van der Waals surface area contributed by atoms with Gasteiger partial charge in [-0.3, -0.25) is 4.79 Å². The molecule has 0 bridgehead atoms. The highest BCUT2D eigenvalue weighted by atomic mass is 16.2. The molecule has 136 valence electrons. The van der Waals surface area contributed by atoms with E-state index < -0.39 is 0 Å². The lowest BCUT2D eigenvalue weighted by Gasteiger charge is -2.37. The average molecular weight is 358 g/mol. The number of anilines is 1. The minimum absolute atomic E-state index is 0.0348. The first kappa shape index (κ1) is 16.2. The standard InChI is InChI=1S/C22H22N4O/c27-22(18-10-9-16-5-1-2-6-17(16)18)26-13-11-25(12-14-26)21-19-7-3-4-8-20(19)23-15-24-21/h1-8,15,18H,9-14H2/t18-/m1/s1. The Balaban J connectivity index is 1.31. The Morgan fingerprint density at radius 3 is 2.59 bits per heavy atom. The molecule has 1 saturated heterocycles. The van der Waals surface area contributed by atoms with Gasteiger partial charge in [0.15, 0.2) is 0 Å². The zero-order valence-corrected chi connectivity index (χ0v) is 15.2. The molecular weight excluding hydrogens is 336 g/mol. The zero-order chi connectivity index (χ0) is 18.2. The largest absolute Gasteiger partial charge is 0.352 e. The number of para-hydroxylation sites is 1. The van der Waals surface area contributed by atoms with E-state index in [1.54, 1.807) is 6.33 Å². The Morgan fingerprint density at radius 2 is 1.70 bits per heavy atom. The van der Waals surface area contributed by atoms with Crippen LogP contribution in [0.15, 0.2) is 54.9 Å². The van der Waals surface area contributed by atoms with Crippen molar-refractivity contribution in [2.24, 2.45) is 0 Å². The molecule has 5 nitrogen and oxygen atoms in total. The van der Waals surface area contributed by atoms with Gasteiger partial charge < -0.3 is 9.80 Å². The number of carbonyl (C=O) groups is 1. The van der Waals surface area contributed by atoms with E-state index in [4.69, 9.17) is 0 Å². The van der Waals surface area contributed by atoms with Crippen LogP contribution in [-0.4, -0.2) is 47.0 Å². The summed E-state index contributed by atoms with van der Waals surface area (Å²) in [5, 5.41) is 1.07. The second-order valence-corrected chi connectivity index (χ2v) is 7.32. The molecule has 5 heteroatoms. The number of carbonyl (C=O) groups excluding carboxylic acids is 1. The van der Waals surface area contributed by atoms with Crippen molar-refractivity contribution in [1.82, 2.24) is 14.9 Å². The van der Waals surface area contributed by atoms with Crippen LogP contribution in [0.25, 0.3) is 10.9 Å². The summed E-state index contributed by atoms with van der Waals surface area (Å²) in [6.07, 6.45) is 3.58. The van der Waals surface area contributed by atoms with Gasteiger partial charge in [0.05, 0.1) is 11.4 Å². The van der Waals surface area contributed by atoms with Gasteiger partial charge in [-0.25, -0.2) is 9.97 Å². The molecule has 1 amide bonds. The molecule has 2 aliphatic rings. The third-order valence-corrected chi connectivity index (χ3v) is 5.84.